The number of anilines is 1. The maximum atomic E-state index is 12.5. The summed E-state index contributed by atoms with van der Waals surface area (Å²) < 4.78 is 7.40. The number of para-hydroxylation sites is 1. The topological polar surface area (TPSA) is 73.0 Å². The molecule has 1 aliphatic heterocycles. The summed E-state index contributed by atoms with van der Waals surface area (Å²) in [6.45, 7) is 4.80. The SMILES string of the molecule is Cc1noc(C)c1CCC(=O)Nc1ccccc1-c1cn2c(n1)CCCC2. The minimum absolute atomic E-state index is 0.0218. The average Bonchev–Trinajstić information content (AvgIpc) is 3.24. The molecule has 0 unspecified atom stereocenters. The molecule has 0 atom stereocenters. The Hall–Kier alpha value is -2.89. The van der Waals surface area contributed by atoms with Crippen LogP contribution in [0.3, 0.4) is 0 Å². The van der Waals surface area contributed by atoms with Gasteiger partial charge in [0.15, 0.2) is 0 Å². The van der Waals surface area contributed by atoms with Crippen molar-refractivity contribution in [1.82, 2.24) is 14.7 Å². The van der Waals surface area contributed by atoms with Crippen molar-refractivity contribution in [3.63, 3.8) is 0 Å². The Labute approximate surface area is 158 Å². The van der Waals surface area contributed by atoms with Gasteiger partial charge in [-0.1, -0.05) is 23.4 Å². The van der Waals surface area contributed by atoms with Crippen molar-refractivity contribution >= 4 is 11.6 Å². The molecule has 3 heterocycles. The van der Waals surface area contributed by atoms with Crippen LogP contribution in [-0.2, 0) is 24.2 Å². The Balaban J connectivity index is 1.49. The van der Waals surface area contributed by atoms with Crippen LogP contribution in [0.15, 0.2) is 35.0 Å². The van der Waals surface area contributed by atoms with Crippen molar-refractivity contribution < 1.29 is 9.32 Å². The Kier molecular flexibility index (Phi) is 4.79. The third kappa shape index (κ3) is 3.65. The lowest BCUT2D eigenvalue weighted by atomic mass is 10.1. The van der Waals surface area contributed by atoms with Crippen LogP contribution in [0.4, 0.5) is 5.69 Å². The lowest BCUT2D eigenvalue weighted by Gasteiger charge is -2.11. The van der Waals surface area contributed by atoms with E-state index in [1.54, 1.807) is 0 Å². The minimum Gasteiger partial charge on any atom is -0.361 e. The highest BCUT2D eigenvalue weighted by molar-refractivity contribution is 5.95. The molecule has 1 N–H and O–H groups in total. The van der Waals surface area contributed by atoms with Gasteiger partial charge in [-0.15, -0.1) is 0 Å². The van der Waals surface area contributed by atoms with Crippen LogP contribution in [0.1, 0.15) is 42.1 Å². The summed E-state index contributed by atoms with van der Waals surface area (Å²) in [5.74, 6) is 1.89. The molecule has 6 nitrogen and oxygen atoms in total. The molecule has 1 aliphatic rings. The molecule has 1 aromatic carbocycles. The van der Waals surface area contributed by atoms with Crippen molar-refractivity contribution in [2.24, 2.45) is 0 Å². The molecule has 2 aromatic heterocycles. The highest BCUT2D eigenvalue weighted by Gasteiger charge is 2.17. The van der Waals surface area contributed by atoms with Crippen molar-refractivity contribution in [1.29, 1.82) is 0 Å². The molecule has 140 valence electrons. The van der Waals surface area contributed by atoms with Crippen LogP contribution in [0.25, 0.3) is 11.3 Å². The second-order valence-electron chi connectivity index (χ2n) is 7.09. The molecule has 0 radical (unpaired) electrons. The first-order valence-electron chi connectivity index (χ1n) is 9.49. The zero-order chi connectivity index (χ0) is 18.8. The molecular formula is C21H24N4O2. The van der Waals surface area contributed by atoms with Crippen LogP contribution in [0, 0.1) is 13.8 Å². The first-order chi connectivity index (χ1) is 13.1. The summed E-state index contributed by atoms with van der Waals surface area (Å²) in [6.07, 6.45) is 6.51. The van der Waals surface area contributed by atoms with Gasteiger partial charge in [-0.2, -0.15) is 0 Å². The molecule has 0 spiro atoms. The standard InChI is InChI=1S/C21H24N4O2/c1-14-16(15(2)27-24-14)10-11-21(26)23-18-8-4-3-7-17(18)19-13-25-12-6-5-9-20(25)22-19/h3-4,7-8,13H,5-6,9-12H2,1-2H3,(H,23,26). The number of nitrogens with one attached hydrogen (secondary N) is 1. The average molecular weight is 364 g/mol. The third-order valence-electron chi connectivity index (χ3n) is 5.17. The highest BCUT2D eigenvalue weighted by Crippen LogP contribution is 2.29. The van der Waals surface area contributed by atoms with Crippen molar-refractivity contribution in [2.75, 3.05) is 5.32 Å². The molecule has 27 heavy (non-hydrogen) atoms. The van der Waals surface area contributed by atoms with Gasteiger partial charge in [0.25, 0.3) is 0 Å². The van der Waals surface area contributed by atoms with E-state index in [9.17, 15) is 4.79 Å². The van der Waals surface area contributed by atoms with E-state index in [0.717, 1.165) is 52.8 Å². The molecule has 0 saturated heterocycles. The number of hydrogen-bond donors (Lipinski definition) is 1. The summed E-state index contributed by atoms with van der Waals surface area (Å²) >= 11 is 0. The molecule has 0 fully saturated rings. The fraction of sp³-hybridized carbons (Fsp3) is 0.381. The number of hydrogen-bond acceptors (Lipinski definition) is 4. The number of aromatic nitrogens is 3. The van der Waals surface area contributed by atoms with Gasteiger partial charge in [0.05, 0.1) is 17.1 Å². The lowest BCUT2D eigenvalue weighted by Crippen LogP contribution is -2.13. The Morgan fingerprint density at radius 1 is 1.26 bits per heavy atom. The van der Waals surface area contributed by atoms with E-state index in [1.165, 1.54) is 12.8 Å². The van der Waals surface area contributed by atoms with Crippen LogP contribution in [-0.4, -0.2) is 20.6 Å². The summed E-state index contributed by atoms with van der Waals surface area (Å²) in [7, 11) is 0. The highest BCUT2D eigenvalue weighted by atomic mass is 16.5. The Morgan fingerprint density at radius 2 is 2.11 bits per heavy atom. The minimum atomic E-state index is -0.0218. The quantitative estimate of drug-likeness (QED) is 0.741. The summed E-state index contributed by atoms with van der Waals surface area (Å²) in [6, 6.07) is 7.86. The van der Waals surface area contributed by atoms with Gasteiger partial charge in [0, 0.05) is 36.7 Å². The largest absolute Gasteiger partial charge is 0.361 e. The number of imidazole rings is 1. The summed E-state index contributed by atoms with van der Waals surface area (Å²) in [4.78, 5) is 17.3. The molecule has 3 aromatic rings. The Morgan fingerprint density at radius 3 is 2.89 bits per heavy atom. The molecule has 0 aliphatic carbocycles. The monoisotopic (exact) mass is 364 g/mol. The van der Waals surface area contributed by atoms with E-state index in [-0.39, 0.29) is 5.91 Å². The van der Waals surface area contributed by atoms with Gasteiger partial charge < -0.3 is 14.4 Å². The fourth-order valence-electron chi connectivity index (χ4n) is 3.67. The van der Waals surface area contributed by atoms with Crippen molar-refractivity contribution in [2.45, 2.75) is 52.5 Å². The number of amides is 1. The van der Waals surface area contributed by atoms with Gasteiger partial charge in [0.2, 0.25) is 5.91 Å². The molecule has 0 saturated carbocycles. The molecule has 6 heteroatoms. The van der Waals surface area contributed by atoms with Crippen LogP contribution >= 0.6 is 0 Å². The maximum absolute atomic E-state index is 12.5. The first kappa shape index (κ1) is 17.5. The smallest absolute Gasteiger partial charge is 0.224 e. The van der Waals surface area contributed by atoms with E-state index in [0.29, 0.717) is 12.8 Å². The van der Waals surface area contributed by atoms with E-state index in [1.807, 2.05) is 38.1 Å². The van der Waals surface area contributed by atoms with Gasteiger partial charge in [-0.25, -0.2) is 4.98 Å². The second-order valence-corrected chi connectivity index (χ2v) is 7.09. The number of carbonyl (C=O) groups excluding carboxylic acids is 1. The van der Waals surface area contributed by atoms with Crippen LogP contribution in [0.5, 0.6) is 0 Å². The number of benzene rings is 1. The van der Waals surface area contributed by atoms with Crippen molar-refractivity contribution in [3.05, 3.63) is 53.3 Å². The molecule has 4 rings (SSSR count). The first-order valence-corrected chi connectivity index (χ1v) is 9.49. The molecular weight excluding hydrogens is 340 g/mol. The zero-order valence-corrected chi connectivity index (χ0v) is 15.8. The van der Waals surface area contributed by atoms with E-state index >= 15 is 0 Å². The normalized spacial score (nSPS) is 13.4. The molecule has 1 amide bonds. The number of carbonyl (C=O) groups is 1. The third-order valence-corrected chi connectivity index (χ3v) is 5.17. The predicted octanol–water partition coefficient (Wildman–Crippen LogP) is 4.06. The zero-order valence-electron chi connectivity index (χ0n) is 15.8. The van der Waals surface area contributed by atoms with Crippen LogP contribution < -0.4 is 5.32 Å². The van der Waals surface area contributed by atoms with E-state index in [2.05, 4.69) is 21.2 Å². The maximum Gasteiger partial charge on any atom is 0.224 e. The van der Waals surface area contributed by atoms with Crippen LogP contribution in [0.2, 0.25) is 0 Å². The van der Waals surface area contributed by atoms with Gasteiger partial charge in [-0.05, 0) is 39.2 Å². The van der Waals surface area contributed by atoms with E-state index in [4.69, 9.17) is 9.51 Å². The lowest BCUT2D eigenvalue weighted by molar-refractivity contribution is -0.116. The number of aryl methyl sites for hydroxylation is 4. The summed E-state index contributed by atoms with van der Waals surface area (Å²) in [5, 5.41) is 7.00. The van der Waals surface area contributed by atoms with Crippen molar-refractivity contribution in [3.8, 4) is 11.3 Å². The van der Waals surface area contributed by atoms with Gasteiger partial charge in [-0.3, -0.25) is 4.79 Å². The van der Waals surface area contributed by atoms with E-state index < -0.39 is 0 Å². The number of nitrogens with zero attached hydrogens (tertiary/aromatic N) is 3. The molecule has 0 bridgehead atoms. The number of rotatable bonds is 5. The Bertz CT molecular complexity index is 927. The van der Waals surface area contributed by atoms with Gasteiger partial charge in [0.1, 0.15) is 11.6 Å². The predicted molar refractivity (Wildman–Crippen MR) is 104 cm³/mol. The number of fused-ring (bicyclic) bond motifs is 1. The fourth-order valence-corrected chi connectivity index (χ4v) is 3.67. The second kappa shape index (κ2) is 7.39. The summed E-state index contributed by atoms with van der Waals surface area (Å²) in [5.41, 5.74) is 4.56. The van der Waals surface area contributed by atoms with Gasteiger partial charge >= 0.3 is 0 Å².